The predicted octanol–water partition coefficient (Wildman–Crippen LogP) is 3.66. The van der Waals surface area contributed by atoms with Crippen LogP contribution < -0.4 is 4.80 Å². The Bertz CT molecular complexity index is 1050. The van der Waals surface area contributed by atoms with Crippen LogP contribution >= 0.6 is 34.3 Å². The molecule has 0 unspecified atom stereocenters. The van der Waals surface area contributed by atoms with Crippen molar-refractivity contribution >= 4 is 54.5 Å². The Morgan fingerprint density at radius 1 is 1.25 bits per heavy atom. The first-order chi connectivity index (χ1) is 11.4. The zero-order valence-corrected chi connectivity index (χ0v) is 16.2. The van der Waals surface area contributed by atoms with E-state index in [2.05, 4.69) is 4.40 Å². The fourth-order valence-corrected chi connectivity index (χ4v) is 6.05. The summed E-state index contributed by atoms with van der Waals surface area (Å²) < 4.78 is 37.7. The van der Waals surface area contributed by atoms with Gasteiger partial charge in [0, 0.05) is 13.7 Å². The van der Waals surface area contributed by atoms with Gasteiger partial charge < -0.3 is 9.30 Å². The summed E-state index contributed by atoms with van der Waals surface area (Å²) in [6, 6.07) is 9.03. The highest BCUT2D eigenvalue weighted by Gasteiger charge is 2.17. The van der Waals surface area contributed by atoms with E-state index in [9.17, 15) is 8.42 Å². The second kappa shape index (κ2) is 6.97. The highest BCUT2D eigenvalue weighted by Crippen LogP contribution is 2.27. The molecule has 0 amide bonds. The SMILES string of the molecule is COCCn1c(=NS(=O)(=O)c2ccc(Cl)s2)sc2cc(C)ccc21. The molecule has 9 heteroatoms. The lowest BCUT2D eigenvalue weighted by molar-refractivity contribution is 0.187. The molecule has 0 fully saturated rings. The number of rotatable bonds is 5. The zero-order valence-electron chi connectivity index (χ0n) is 13.0. The lowest BCUT2D eigenvalue weighted by Gasteiger charge is -2.04. The maximum Gasteiger partial charge on any atom is 0.294 e. The van der Waals surface area contributed by atoms with Crippen molar-refractivity contribution in [3.63, 3.8) is 0 Å². The first-order valence-corrected chi connectivity index (χ1v) is 10.5. The van der Waals surface area contributed by atoms with Crippen molar-refractivity contribution in [1.29, 1.82) is 0 Å². The van der Waals surface area contributed by atoms with Crippen molar-refractivity contribution in [2.24, 2.45) is 4.40 Å². The monoisotopic (exact) mass is 402 g/mol. The fourth-order valence-electron chi connectivity index (χ4n) is 2.23. The Hall–Kier alpha value is -1.19. The van der Waals surface area contributed by atoms with Gasteiger partial charge in [0.25, 0.3) is 10.0 Å². The number of benzene rings is 1. The van der Waals surface area contributed by atoms with Gasteiger partial charge in [-0.15, -0.1) is 15.7 Å². The average molecular weight is 403 g/mol. The van der Waals surface area contributed by atoms with Gasteiger partial charge in [-0.25, -0.2) is 0 Å². The molecule has 2 aromatic heterocycles. The fraction of sp³-hybridized carbons (Fsp3) is 0.267. The minimum absolute atomic E-state index is 0.138. The highest BCUT2D eigenvalue weighted by molar-refractivity contribution is 7.92. The van der Waals surface area contributed by atoms with Crippen LogP contribution in [-0.4, -0.2) is 26.7 Å². The topological polar surface area (TPSA) is 60.7 Å². The van der Waals surface area contributed by atoms with E-state index in [1.807, 2.05) is 29.7 Å². The number of hydrogen-bond acceptors (Lipinski definition) is 5. The van der Waals surface area contributed by atoms with E-state index >= 15 is 0 Å². The van der Waals surface area contributed by atoms with Crippen LogP contribution in [0.3, 0.4) is 0 Å². The number of hydrogen-bond donors (Lipinski definition) is 0. The Balaban J connectivity index is 2.20. The first kappa shape index (κ1) is 17.6. The molecule has 0 atom stereocenters. The number of methoxy groups -OCH3 is 1. The molecule has 0 N–H and O–H groups in total. The minimum Gasteiger partial charge on any atom is -0.383 e. The highest BCUT2D eigenvalue weighted by atomic mass is 35.5. The molecule has 24 heavy (non-hydrogen) atoms. The Morgan fingerprint density at radius 2 is 2.04 bits per heavy atom. The molecule has 0 spiro atoms. The quantitative estimate of drug-likeness (QED) is 0.654. The second-order valence-electron chi connectivity index (χ2n) is 5.13. The molecule has 0 aliphatic rings. The predicted molar refractivity (Wildman–Crippen MR) is 98.5 cm³/mol. The molecule has 128 valence electrons. The lowest BCUT2D eigenvalue weighted by Crippen LogP contribution is -2.19. The summed E-state index contributed by atoms with van der Waals surface area (Å²) in [4.78, 5) is 0.428. The van der Waals surface area contributed by atoms with Crippen LogP contribution in [0.2, 0.25) is 4.34 Å². The first-order valence-electron chi connectivity index (χ1n) is 7.06. The van der Waals surface area contributed by atoms with Crippen LogP contribution in [0.15, 0.2) is 38.9 Å². The summed E-state index contributed by atoms with van der Waals surface area (Å²) in [6.07, 6.45) is 0. The standard InChI is InChI=1S/C15H15ClN2O3S3/c1-10-3-4-11-12(9-10)22-15(18(11)7-8-21-2)17-24(19,20)14-6-5-13(16)23-14/h3-6,9H,7-8H2,1-2H3. The van der Waals surface area contributed by atoms with Gasteiger partial charge in [0.05, 0.1) is 21.2 Å². The summed E-state index contributed by atoms with van der Waals surface area (Å²) in [5.74, 6) is 0. The largest absolute Gasteiger partial charge is 0.383 e. The number of aryl methyl sites for hydroxylation is 1. The molecular weight excluding hydrogens is 388 g/mol. The second-order valence-corrected chi connectivity index (χ2v) is 9.68. The molecule has 0 aliphatic carbocycles. The Labute approximate surface area is 152 Å². The van der Waals surface area contributed by atoms with E-state index < -0.39 is 10.0 Å². The normalized spacial score (nSPS) is 13.0. The van der Waals surface area contributed by atoms with E-state index in [1.54, 1.807) is 13.2 Å². The molecule has 3 aromatic rings. The van der Waals surface area contributed by atoms with Crippen LogP contribution in [0.5, 0.6) is 0 Å². The smallest absolute Gasteiger partial charge is 0.294 e. The summed E-state index contributed by atoms with van der Waals surface area (Å²) in [5.41, 5.74) is 2.06. The molecule has 0 aliphatic heterocycles. The number of thiazole rings is 1. The molecular formula is C15H15ClN2O3S3. The summed E-state index contributed by atoms with van der Waals surface area (Å²) in [6.45, 7) is 3.00. The van der Waals surface area contributed by atoms with Gasteiger partial charge in [0.2, 0.25) is 4.80 Å². The van der Waals surface area contributed by atoms with Crippen molar-refractivity contribution in [2.45, 2.75) is 17.7 Å². The van der Waals surface area contributed by atoms with Gasteiger partial charge in [-0.3, -0.25) is 0 Å². The van der Waals surface area contributed by atoms with E-state index in [0.29, 0.717) is 22.3 Å². The van der Waals surface area contributed by atoms with Crippen molar-refractivity contribution in [2.75, 3.05) is 13.7 Å². The van der Waals surface area contributed by atoms with Crippen LogP contribution in [0.4, 0.5) is 0 Å². The molecule has 1 aromatic carbocycles. The van der Waals surface area contributed by atoms with Crippen LogP contribution in [0, 0.1) is 6.92 Å². The molecule has 2 heterocycles. The molecule has 3 rings (SSSR count). The van der Waals surface area contributed by atoms with E-state index in [-0.39, 0.29) is 4.21 Å². The number of sulfonamides is 1. The van der Waals surface area contributed by atoms with E-state index in [0.717, 1.165) is 27.1 Å². The zero-order chi connectivity index (χ0) is 17.3. The summed E-state index contributed by atoms with van der Waals surface area (Å²) >= 11 is 8.20. The van der Waals surface area contributed by atoms with Gasteiger partial charge in [-0.2, -0.15) is 8.42 Å². The van der Waals surface area contributed by atoms with Gasteiger partial charge in [0.15, 0.2) is 0 Å². The van der Waals surface area contributed by atoms with Crippen LogP contribution in [-0.2, 0) is 21.3 Å². The van der Waals surface area contributed by atoms with E-state index in [4.69, 9.17) is 16.3 Å². The number of thiophene rings is 1. The molecule has 0 saturated heterocycles. The van der Waals surface area contributed by atoms with Crippen LogP contribution in [0.25, 0.3) is 10.2 Å². The summed E-state index contributed by atoms with van der Waals surface area (Å²) in [7, 11) is -2.18. The average Bonchev–Trinajstić information content (AvgIpc) is 3.08. The van der Waals surface area contributed by atoms with Crippen molar-refractivity contribution in [3.05, 3.63) is 45.0 Å². The van der Waals surface area contributed by atoms with Gasteiger partial charge in [-0.1, -0.05) is 29.0 Å². The third kappa shape index (κ3) is 3.57. The number of aromatic nitrogens is 1. The van der Waals surface area contributed by atoms with E-state index in [1.165, 1.54) is 17.4 Å². The number of nitrogens with zero attached hydrogens (tertiary/aromatic N) is 2. The van der Waals surface area contributed by atoms with Crippen LogP contribution in [0.1, 0.15) is 5.56 Å². The number of fused-ring (bicyclic) bond motifs is 1. The van der Waals surface area contributed by atoms with Gasteiger partial charge in [-0.05, 0) is 36.8 Å². The molecule has 5 nitrogen and oxygen atoms in total. The third-order valence-electron chi connectivity index (χ3n) is 3.36. The third-order valence-corrected chi connectivity index (χ3v) is 7.48. The minimum atomic E-state index is -3.79. The molecule has 0 saturated carbocycles. The van der Waals surface area contributed by atoms with Crippen molar-refractivity contribution < 1.29 is 13.2 Å². The maximum absolute atomic E-state index is 12.5. The Morgan fingerprint density at radius 3 is 2.71 bits per heavy atom. The number of halogens is 1. The van der Waals surface area contributed by atoms with Gasteiger partial charge in [0.1, 0.15) is 4.21 Å². The molecule has 0 radical (unpaired) electrons. The Kier molecular flexibility index (Phi) is 5.12. The lowest BCUT2D eigenvalue weighted by atomic mass is 10.2. The maximum atomic E-state index is 12.5. The van der Waals surface area contributed by atoms with Crippen molar-refractivity contribution in [3.8, 4) is 0 Å². The van der Waals surface area contributed by atoms with Gasteiger partial charge >= 0.3 is 0 Å². The summed E-state index contributed by atoms with van der Waals surface area (Å²) in [5, 5.41) is 0. The number of ether oxygens (including phenoxy) is 1. The van der Waals surface area contributed by atoms with Crippen molar-refractivity contribution in [1.82, 2.24) is 4.57 Å². The molecule has 0 bridgehead atoms.